The number of amides is 2. The highest BCUT2D eigenvalue weighted by Gasteiger charge is 2.27. The quantitative estimate of drug-likeness (QED) is 0.754. The van der Waals surface area contributed by atoms with E-state index >= 15 is 0 Å². The van der Waals surface area contributed by atoms with Gasteiger partial charge in [0.05, 0.1) is 0 Å². The van der Waals surface area contributed by atoms with E-state index in [1.807, 2.05) is 6.92 Å². The first-order chi connectivity index (χ1) is 9.24. The Balaban J connectivity index is 2.10. The van der Waals surface area contributed by atoms with Gasteiger partial charge in [0.1, 0.15) is 0 Å². The van der Waals surface area contributed by atoms with Gasteiger partial charge in [0, 0.05) is 50.8 Å². The lowest BCUT2D eigenvalue weighted by atomic mass is 10.3. The van der Waals surface area contributed by atoms with Crippen LogP contribution in [0.2, 0.25) is 0 Å². The molecule has 1 aliphatic heterocycles. The highest BCUT2D eigenvalue weighted by atomic mass is 16.2. The first-order valence-corrected chi connectivity index (χ1v) is 6.45. The highest BCUT2D eigenvalue weighted by molar-refractivity contribution is 6.40. The molecule has 6 heteroatoms. The summed E-state index contributed by atoms with van der Waals surface area (Å²) in [7, 11) is 0. The summed E-state index contributed by atoms with van der Waals surface area (Å²) in [6, 6.07) is 3.46. The van der Waals surface area contributed by atoms with Crippen molar-refractivity contribution in [1.82, 2.24) is 15.2 Å². The smallest absolute Gasteiger partial charge is 0.316 e. The number of likely N-dealkylation sites (N-methyl/N-ethyl adjacent to an activating group) is 1. The van der Waals surface area contributed by atoms with Crippen LogP contribution >= 0.6 is 0 Å². The average molecular weight is 262 g/mol. The molecule has 1 aliphatic rings. The minimum Gasteiger partial charge on any atom is -0.332 e. The van der Waals surface area contributed by atoms with Crippen molar-refractivity contribution in [2.24, 2.45) is 0 Å². The summed E-state index contributed by atoms with van der Waals surface area (Å²) in [5, 5.41) is 3.16. The zero-order valence-corrected chi connectivity index (χ0v) is 11.0. The van der Waals surface area contributed by atoms with Gasteiger partial charge in [-0.2, -0.15) is 0 Å². The number of hydrogen-bond acceptors (Lipinski definition) is 4. The molecule has 0 saturated carbocycles. The average Bonchev–Trinajstić information content (AvgIpc) is 2.49. The molecule has 1 saturated heterocycles. The third-order valence-electron chi connectivity index (χ3n) is 3.12. The fourth-order valence-corrected chi connectivity index (χ4v) is 2.09. The number of hydrogen-bond donors (Lipinski definition) is 1. The Kier molecular flexibility index (Phi) is 4.46. The van der Waals surface area contributed by atoms with Crippen molar-refractivity contribution in [3.05, 3.63) is 24.5 Å². The maximum absolute atomic E-state index is 12.3. The maximum atomic E-state index is 12.3. The summed E-state index contributed by atoms with van der Waals surface area (Å²) >= 11 is 0. The van der Waals surface area contributed by atoms with Gasteiger partial charge in [0.2, 0.25) is 0 Å². The normalized spacial score (nSPS) is 15.1. The Morgan fingerprint density at radius 2 is 1.95 bits per heavy atom. The third-order valence-corrected chi connectivity index (χ3v) is 3.12. The van der Waals surface area contributed by atoms with Crippen molar-refractivity contribution in [2.75, 3.05) is 37.6 Å². The van der Waals surface area contributed by atoms with Crippen LogP contribution in [0.4, 0.5) is 5.69 Å². The summed E-state index contributed by atoms with van der Waals surface area (Å²) in [5.74, 6) is -0.907. The van der Waals surface area contributed by atoms with Crippen molar-refractivity contribution < 1.29 is 9.59 Å². The second-order valence-corrected chi connectivity index (χ2v) is 4.30. The van der Waals surface area contributed by atoms with E-state index < -0.39 is 11.8 Å². The van der Waals surface area contributed by atoms with Crippen molar-refractivity contribution in [3.8, 4) is 0 Å². The van der Waals surface area contributed by atoms with Gasteiger partial charge in [-0.05, 0) is 19.1 Å². The van der Waals surface area contributed by atoms with Crippen molar-refractivity contribution in [3.63, 3.8) is 0 Å². The number of anilines is 1. The largest absolute Gasteiger partial charge is 0.332 e. The van der Waals surface area contributed by atoms with E-state index in [0.717, 1.165) is 13.1 Å². The summed E-state index contributed by atoms with van der Waals surface area (Å²) in [5.41, 5.74) is 0.700. The Hall–Kier alpha value is -1.95. The number of nitrogens with zero attached hydrogens (tertiary/aromatic N) is 3. The summed E-state index contributed by atoms with van der Waals surface area (Å²) in [4.78, 5) is 31.4. The number of piperazine rings is 1. The lowest BCUT2D eigenvalue weighted by Crippen LogP contribution is -2.52. The molecular weight excluding hydrogens is 244 g/mol. The summed E-state index contributed by atoms with van der Waals surface area (Å²) in [6.07, 6.45) is 3.22. The molecule has 0 atom stereocenters. The van der Waals surface area contributed by atoms with Gasteiger partial charge >= 0.3 is 11.8 Å². The van der Waals surface area contributed by atoms with E-state index in [9.17, 15) is 9.59 Å². The molecule has 0 bridgehead atoms. The molecule has 0 spiro atoms. The van der Waals surface area contributed by atoms with Crippen LogP contribution in [0.15, 0.2) is 24.5 Å². The fraction of sp³-hybridized carbons (Fsp3) is 0.462. The second kappa shape index (κ2) is 6.29. The molecule has 102 valence electrons. The first kappa shape index (κ1) is 13.5. The van der Waals surface area contributed by atoms with E-state index in [2.05, 4.69) is 10.3 Å². The number of carbonyl (C=O) groups excluding carboxylic acids is 2. The number of pyridine rings is 1. The first-order valence-electron chi connectivity index (χ1n) is 6.45. The van der Waals surface area contributed by atoms with Crippen LogP contribution < -0.4 is 10.2 Å². The van der Waals surface area contributed by atoms with Gasteiger partial charge in [0.15, 0.2) is 0 Å². The lowest BCUT2D eigenvalue weighted by Gasteiger charge is -2.29. The second-order valence-electron chi connectivity index (χ2n) is 4.30. The molecule has 2 heterocycles. The minimum atomic E-state index is -0.476. The molecule has 6 nitrogen and oxygen atoms in total. The minimum absolute atomic E-state index is 0.430. The molecule has 0 aromatic carbocycles. The van der Waals surface area contributed by atoms with Gasteiger partial charge < -0.3 is 15.1 Å². The lowest BCUT2D eigenvalue weighted by molar-refractivity contribution is -0.144. The van der Waals surface area contributed by atoms with E-state index in [0.29, 0.717) is 25.3 Å². The molecule has 1 aromatic rings. The number of aromatic nitrogens is 1. The van der Waals surface area contributed by atoms with E-state index in [-0.39, 0.29) is 0 Å². The fourth-order valence-electron chi connectivity index (χ4n) is 2.09. The van der Waals surface area contributed by atoms with Crippen LogP contribution in [0.3, 0.4) is 0 Å². The van der Waals surface area contributed by atoms with E-state index in [4.69, 9.17) is 0 Å². The predicted molar refractivity (Wildman–Crippen MR) is 71.7 cm³/mol. The number of carbonyl (C=O) groups is 2. The molecule has 0 unspecified atom stereocenters. The number of nitrogens with one attached hydrogen (secondary N) is 1. The molecule has 0 radical (unpaired) electrons. The van der Waals surface area contributed by atoms with Crippen molar-refractivity contribution in [2.45, 2.75) is 6.92 Å². The Labute approximate surface area is 112 Å². The molecule has 1 aromatic heterocycles. The Bertz CT molecular complexity index is 443. The summed E-state index contributed by atoms with van der Waals surface area (Å²) < 4.78 is 0. The number of rotatable bonds is 2. The van der Waals surface area contributed by atoms with Crippen LogP contribution in [0.25, 0.3) is 0 Å². The van der Waals surface area contributed by atoms with Crippen LogP contribution in [-0.2, 0) is 9.59 Å². The Morgan fingerprint density at radius 1 is 1.32 bits per heavy atom. The van der Waals surface area contributed by atoms with Crippen LogP contribution in [-0.4, -0.2) is 54.4 Å². The van der Waals surface area contributed by atoms with Crippen molar-refractivity contribution in [1.29, 1.82) is 0 Å². The molecule has 19 heavy (non-hydrogen) atoms. The molecule has 2 amide bonds. The molecule has 0 aliphatic carbocycles. The molecule has 1 N–H and O–H groups in total. The monoisotopic (exact) mass is 262 g/mol. The SMILES string of the molecule is CCN(C(=O)C(=O)N1CCNCC1)c1ccncc1. The van der Waals surface area contributed by atoms with Crippen LogP contribution in [0, 0.1) is 0 Å². The van der Waals surface area contributed by atoms with Crippen LogP contribution in [0.1, 0.15) is 6.92 Å². The zero-order chi connectivity index (χ0) is 13.7. The van der Waals surface area contributed by atoms with E-state index in [1.165, 1.54) is 4.90 Å². The molecule has 1 fully saturated rings. The summed E-state index contributed by atoms with van der Waals surface area (Å²) in [6.45, 7) is 4.95. The van der Waals surface area contributed by atoms with Crippen LogP contribution in [0.5, 0.6) is 0 Å². The standard InChI is InChI=1S/C13H18N4O2/c1-2-17(11-3-5-14-6-4-11)13(19)12(18)16-9-7-15-8-10-16/h3-6,15H,2,7-10H2,1H3. The zero-order valence-electron chi connectivity index (χ0n) is 11.0. The van der Waals surface area contributed by atoms with E-state index in [1.54, 1.807) is 29.4 Å². The van der Waals surface area contributed by atoms with Crippen molar-refractivity contribution >= 4 is 17.5 Å². The maximum Gasteiger partial charge on any atom is 0.316 e. The molecule has 2 rings (SSSR count). The predicted octanol–water partition coefficient (Wildman–Crippen LogP) is -0.134. The third kappa shape index (κ3) is 3.08. The van der Waals surface area contributed by atoms with Gasteiger partial charge in [-0.15, -0.1) is 0 Å². The topological polar surface area (TPSA) is 65.5 Å². The van der Waals surface area contributed by atoms with Gasteiger partial charge in [-0.25, -0.2) is 0 Å². The molecular formula is C13H18N4O2. The highest BCUT2D eigenvalue weighted by Crippen LogP contribution is 2.13. The van der Waals surface area contributed by atoms with Gasteiger partial charge in [0.25, 0.3) is 0 Å². The Morgan fingerprint density at radius 3 is 2.53 bits per heavy atom. The van der Waals surface area contributed by atoms with Gasteiger partial charge in [-0.3, -0.25) is 14.6 Å². The van der Waals surface area contributed by atoms with Gasteiger partial charge in [-0.1, -0.05) is 0 Å².